The Bertz CT molecular complexity index is 452. The highest BCUT2D eigenvalue weighted by Gasteiger charge is 2.18. The zero-order valence-corrected chi connectivity index (χ0v) is 10.6. The second-order valence-electron chi connectivity index (χ2n) is 2.89. The van der Waals surface area contributed by atoms with Gasteiger partial charge < -0.3 is 4.52 Å². The van der Waals surface area contributed by atoms with Crippen molar-refractivity contribution in [1.29, 1.82) is 0 Å². The summed E-state index contributed by atoms with van der Waals surface area (Å²) in [5.74, 6) is 0. The Morgan fingerprint density at radius 1 is 1.60 bits per heavy atom. The number of aryl methyl sites for hydroxylation is 1. The molecule has 0 saturated heterocycles. The summed E-state index contributed by atoms with van der Waals surface area (Å²) in [7, 11) is 1.44. The second-order valence-corrected chi connectivity index (χ2v) is 8.30. The van der Waals surface area contributed by atoms with Crippen molar-refractivity contribution in [3.8, 4) is 0 Å². The Morgan fingerprint density at radius 2 is 2.20 bits per heavy atom. The van der Waals surface area contributed by atoms with Gasteiger partial charge in [0.25, 0.3) is 5.69 Å². The lowest BCUT2D eigenvalue weighted by atomic mass is 10.2. The molecule has 0 aliphatic carbocycles. The lowest BCUT2D eigenvalue weighted by Gasteiger charge is -2.12. The first-order valence-electron chi connectivity index (χ1n) is 3.99. The molecule has 7 heteroatoms. The molecule has 0 amide bonds. The normalized spacial score (nSPS) is 14.6. The Balaban J connectivity index is 3.24. The van der Waals surface area contributed by atoms with Gasteiger partial charge in [0.2, 0.25) is 0 Å². The average molecular weight is 266 g/mol. The molecule has 1 unspecified atom stereocenters. The van der Waals surface area contributed by atoms with Crippen molar-refractivity contribution in [2.24, 2.45) is 0 Å². The van der Waals surface area contributed by atoms with Gasteiger partial charge in [0, 0.05) is 24.0 Å². The van der Waals surface area contributed by atoms with Gasteiger partial charge >= 0.3 is 0 Å². The van der Waals surface area contributed by atoms with Gasteiger partial charge in [-0.2, -0.15) is 0 Å². The fourth-order valence-corrected chi connectivity index (χ4v) is 2.58. The van der Waals surface area contributed by atoms with E-state index in [2.05, 4.69) is 0 Å². The van der Waals surface area contributed by atoms with Crippen molar-refractivity contribution in [2.45, 2.75) is 6.92 Å². The highest BCUT2D eigenvalue weighted by atomic mass is 35.7. The van der Waals surface area contributed by atoms with Crippen LogP contribution in [0.4, 0.5) is 5.69 Å². The summed E-state index contributed by atoms with van der Waals surface area (Å²) in [6, 6.07) is 4.55. The zero-order chi connectivity index (χ0) is 11.6. The third kappa shape index (κ3) is 2.75. The Kier molecular flexibility index (Phi) is 3.84. The molecule has 0 aliphatic rings. The van der Waals surface area contributed by atoms with E-state index in [-0.39, 0.29) is 5.69 Å². The fourth-order valence-electron chi connectivity index (χ4n) is 1.12. The molecule has 0 heterocycles. The van der Waals surface area contributed by atoms with E-state index < -0.39 is 10.5 Å². The molecule has 15 heavy (non-hydrogen) atoms. The molecule has 4 nitrogen and oxygen atoms in total. The fraction of sp³-hybridized carbons (Fsp3) is 0.250. The molecule has 1 aromatic rings. The maximum absolute atomic E-state index is 10.6. The smallest absolute Gasteiger partial charge is 0.272 e. The molecule has 0 N–H and O–H groups in total. The van der Waals surface area contributed by atoms with Gasteiger partial charge in [-0.05, 0) is 30.9 Å². The summed E-state index contributed by atoms with van der Waals surface area (Å²) in [6.45, 7) is 1.64. The number of benzene rings is 1. The zero-order valence-electron chi connectivity index (χ0n) is 8.14. The van der Waals surface area contributed by atoms with Crippen LogP contribution in [0.2, 0.25) is 0 Å². The van der Waals surface area contributed by atoms with Crippen LogP contribution in [-0.4, -0.2) is 12.0 Å². The maximum atomic E-state index is 10.6. The van der Waals surface area contributed by atoms with Crippen LogP contribution in [0.25, 0.3) is 0 Å². The van der Waals surface area contributed by atoms with Crippen LogP contribution in [0.15, 0.2) is 18.2 Å². The molecule has 0 aromatic heterocycles. The van der Waals surface area contributed by atoms with Gasteiger partial charge in [0.05, 0.1) is 4.92 Å². The number of hydrogen-bond donors (Lipinski definition) is 0. The predicted octanol–water partition coefficient (Wildman–Crippen LogP) is 2.72. The molecule has 0 radical (unpaired) electrons. The summed E-state index contributed by atoms with van der Waals surface area (Å²) in [5.41, 5.74) is -1.93. The molecule has 1 rings (SSSR count). The van der Waals surface area contributed by atoms with E-state index in [9.17, 15) is 10.1 Å². The van der Waals surface area contributed by atoms with Crippen molar-refractivity contribution < 1.29 is 9.45 Å². The van der Waals surface area contributed by atoms with E-state index in [0.717, 1.165) is 0 Å². The third-order valence-corrected chi connectivity index (χ3v) is 5.36. The molecule has 82 valence electrons. The van der Waals surface area contributed by atoms with Crippen molar-refractivity contribution in [3.05, 3.63) is 33.9 Å². The van der Waals surface area contributed by atoms with E-state index in [1.807, 2.05) is 0 Å². The van der Waals surface area contributed by atoms with Crippen LogP contribution in [0.3, 0.4) is 0 Å². The molecule has 0 bridgehead atoms. The van der Waals surface area contributed by atoms with E-state index in [4.69, 9.17) is 27.6 Å². The van der Waals surface area contributed by atoms with Gasteiger partial charge in [0.15, 0.2) is 5.62 Å². The van der Waals surface area contributed by atoms with Crippen LogP contribution in [0.1, 0.15) is 5.56 Å². The van der Waals surface area contributed by atoms with Crippen LogP contribution >= 0.6 is 16.9 Å². The molecule has 0 fully saturated rings. The number of hydrogen-bond acceptors (Lipinski definition) is 4. The monoisotopic (exact) mass is 265 g/mol. The summed E-state index contributed by atoms with van der Waals surface area (Å²) in [5, 5.41) is 11.2. The predicted molar refractivity (Wildman–Crippen MR) is 64.6 cm³/mol. The molecular weight excluding hydrogens is 257 g/mol. The molecule has 1 aromatic carbocycles. The Morgan fingerprint density at radius 3 is 2.60 bits per heavy atom. The topological polar surface area (TPSA) is 52.4 Å². The minimum Gasteiger partial charge on any atom is -0.338 e. The van der Waals surface area contributed by atoms with Gasteiger partial charge in [0.1, 0.15) is 0 Å². The van der Waals surface area contributed by atoms with Gasteiger partial charge in [-0.25, -0.2) is 0 Å². The van der Waals surface area contributed by atoms with Gasteiger partial charge in [-0.3, -0.25) is 10.1 Å². The summed E-state index contributed by atoms with van der Waals surface area (Å²) >= 11 is 11.0. The summed E-state index contributed by atoms with van der Waals surface area (Å²) in [4.78, 5) is 10.1. The first kappa shape index (κ1) is 12.6. The number of rotatable bonds is 3. The minimum absolute atomic E-state index is 0.0570. The van der Waals surface area contributed by atoms with E-state index in [1.54, 1.807) is 19.1 Å². The molecule has 0 spiro atoms. The van der Waals surface area contributed by atoms with Gasteiger partial charge in [-0.15, -0.1) is 0 Å². The van der Waals surface area contributed by atoms with E-state index in [0.29, 0.717) is 10.9 Å². The van der Waals surface area contributed by atoms with Crippen molar-refractivity contribution >= 4 is 39.7 Å². The summed E-state index contributed by atoms with van der Waals surface area (Å²) < 4.78 is 5.00. The number of nitro groups is 1. The maximum Gasteiger partial charge on any atom is 0.272 e. The lowest BCUT2D eigenvalue weighted by Crippen LogP contribution is -2.04. The number of halogens is 1. The minimum atomic E-state index is -2.52. The Hall–Kier alpha value is -0.480. The van der Waals surface area contributed by atoms with Crippen LogP contribution in [0, 0.1) is 17.0 Å². The highest BCUT2D eigenvalue weighted by Crippen LogP contribution is 2.50. The molecule has 1 atom stereocenters. The molecular formula is C8H9ClNO3PS. The number of nitrogens with zero attached hydrogens (tertiary/aromatic N) is 1. The third-order valence-electron chi connectivity index (χ3n) is 1.92. The van der Waals surface area contributed by atoms with Crippen molar-refractivity contribution in [2.75, 3.05) is 7.11 Å². The molecule has 0 aliphatic heterocycles. The summed E-state index contributed by atoms with van der Waals surface area (Å²) in [6.07, 6.45) is 0. The first-order chi connectivity index (χ1) is 6.88. The number of nitro benzene ring substituents is 1. The quantitative estimate of drug-likeness (QED) is 0.479. The van der Waals surface area contributed by atoms with E-state index >= 15 is 0 Å². The van der Waals surface area contributed by atoms with Crippen molar-refractivity contribution in [1.82, 2.24) is 0 Å². The SMILES string of the molecule is COP(=S)(Cl)c1ccc([N+](=O)[O-])c(C)c1. The largest absolute Gasteiger partial charge is 0.338 e. The lowest BCUT2D eigenvalue weighted by molar-refractivity contribution is -0.385. The van der Waals surface area contributed by atoms with E-state index in [1.165, 1.54) is 13.2 Å². The van der Waals surface area contributed by atoms with Gasteiger partial charge in [-0.1, -0.05) is 11.2 Å². The average Bonchev–Trinajstić information content (AvgIpc) is 2.17. The van der Waals surface area contributed by atoms with Crippen LogP contribution in [-0.2, 0) is 16.3 Å². The Labute approximate surface area is 97.2 Å². The standard InChI is InChI=1S/C8H9ClNO3PS/c1-6-5-7(14(9,15)13-2)3-4-8(6)10(11)12/h3-5H,1-2H3. The molecule has 0 saturated carbocycles. The first-order valence-corrected chi connectivity index (χ1v) is 7.62. The highest BCUT2D eigenvalue weighted by molar-refractivity contribution is 8.28. The second kappa shape index (κ2) is 4.58. The van der Waals surface area contributed by atoms with Crippen LogP contribution < -0.4 is 5.30 Å². The van der Waals surface area contributed by atoms with Crippen molar-refractivity contribution in [3.63, 3.8) is 0 Å². The van der Waals surface area contributed by atoms with Crippen LogP contribution in [0.5, 0.6) is 0 Å².